The molecule has 0 unspecified atom stereocenters. The molecule has 0 saturated heterocycles. The van der Waals surface area contributed by atoms with Crippen molar-refractivity contribution in [3.63, 3.8) is 0 Å². The van der Waals surface area contributed by atoms with Crippen LogP contribution < -0.4 is 10.6 Å². The zero-order chi connectivity index (χ0) is 16.3. The molecule has 2 aromatic rings. The van der Waals surface area contributed by atoms with Crippen molar-refractivity contribution in [3.05, 3.63) is 35.9 Å². The summed E-state index contributed by atoms with van der Waals surface area (Å²) in [5.74, 6) is 2.41. The second-order valence-corrected chi connectivity index (χ2v) is 6.38. The zero-order valence-corrected chi connectivity index (χ0v) is 18.0. The van der Waals surface area contributed by atoms with Crippen molar-refractivity contribution >= 4 is 54.9 Å². The lowest BCUT2D eigenvalue weighted by Crippen LogP contribution is -2.37. The highest BCUT2D eigenvalue weighted by molar-refractivity contribution is 7.98. The minimum atomic E-state index is 0. The van der Waals surface area contributed by atoms with E-state index in [-0.39, 0.29) is 37.2 Å². The monoisotopic (exact) mass is 443 g/mol. The number of thioether (sulfide) groups is 1. The van der Waals surface area contributed by atoms with E-state index in [4.69, 9.17) is 5.41 Å². The number of nitrogens with one attached hydrogen (secondary N) is 5. The smallest absolute Gasteiger partial charge is 0.188 e. The minimum Gasteiger partial charge on any atom is -0.357 e. The summed E-state index contributed by atoms with van der Waals surface area (Å²) in [6.07, 6.45) is 8.27. The van der Waals surface area contributed by atoms with Gasteiger partial charge in [-0.1, -0.05) is 0 Å². The van der Waals surface area contributed by atoms with E-state index in [0.717, 1.165) is 60.9 Å². The van der Waals surface area contributed by atoms with Gasteiger partial charge < -0.3 is 20.6 Å². The van der Waals surface area contributed by atoms with E-state index in [1.807, 2.05) is 24.9 Å². The maximum Gasteiger partial charge on any atom is 0.188 e. The van der Waals surface area contributed by atoms with Gasteiger partial charge in [0.2, 0.25) is 0 Å². The Morgan fingerprint density at radius 2 is 1.85 bits per heavy atom. The number of guanidine groups is 1. The summed E-state index contributed by atoms with van der Waals surface area (Å²) in [7, 11) is 0. The van der Waals surface area contributed by atoms with Crippen LogP contribution >= 0.6 is 49.0 Å². The average molecular weight is 445 g/mol. The molecule has 0 spiro atoms. The van der Waals surface area contributed by atoms with Crippen LogP contribution in [0.25, 0.3) is 0 Å². The van der Waals surface area contributed by atoms with Gasteiger partial charge in [-0.15, -0.1) is 37.2 Å². The molecule has 0 fully saturated rings. The summed E-state index contributed by atoms with van der Waals surface area (Å²) in [6, 6.07) is 0. The first kappa shape index (κ1) is 27.1. The van der Waals surface area contributed by atoms with Gasteiger partial charge in [0.15, 0.2) is 5.96 Å². The number of hydrogen-bond acceptors (Lipinski definition) is 4. The predicted octanol–water partition coefficient (Wildman–Crippen LogP) is 3.08. The fourth-order valence-electron chi connectivity index (χ4n) is 2.06. The van der Waals surface area contributed by atoms with Gasteiger partial charge in [-0.25, -0.2) is 9.97 Å². The average Bonchev–Trinajstić information content (AvgIpc) is 3.19. The number of aromatic amines is 2. The molecule has 0 amide bonds. The first-order valence-electron chi connectivity index (χ1n) is 7.86. The number of rotatable bonds is 10. The molecule has 0 radical (unpaired) electrons. The van der Waals surface area contributed by atoms with Crippen molar-refractivity contribution in [3.8, 4) is 0 Å². The van der Waals surface area contributed by atoms with Crippen LogP contribution in [0.4, 0.5) is 0 Å². The second-order valence-electron chi connectivity index (χ2n) is 5.27. The zero-order valence-electron chi connectivity index (χ0n) is 14.7. The topological polar surface area (TPSA) is 105 Å². The normalized spacial score (nSPS) is 9.42. The lowest BCUT2D eigenvalue weighted by atomic mass is 10.2. The van der Waals surface area contributed by atoms with E-state index in [9.17, 15) is 0 Å². The predicted molar refractivity (Wildman–Crippen MR) is 116 cm³/mol. The molecule has 7 nitrogen and oxygen atoms in total. The molecule has 11 heteroatoms. The van der Waals surface area contributed by atoms with Crippen LogP contribution in [0.3, 0.4) is 0 Å². The highest BCUT2D eigenvalue weighted by Gasteiger charge is 2.01. The summed E-state index contributed by atoms with van der Waals surface area (Å²) in [5, 5.41) is 14.0. The molecule has 2 rings (SSSR count). The fraction of sp³-hybridized carbons (Fsp3) is 0.533. The number of imidazole rings is 2. The molecule has 0 saturated carbocycles. The fourth-order valence-corrected chi connectivity index (χ4v) is 3.04. The standard InChI is InChI=1S/C15H25N7S.3ClH/c1-12-14(22-11-20-12)9-23-7-3-6-19-15(16)18-5-2-4-13-8-17-10-21-13;;;/h8,10-11H,2-7,9H2,1H3,(H,17,21)(H,20,22)(H3,16,18,19);3*1H. The molecular formula is C15H28Cl3N7S. The Morgan fingerprint density at radius 3 is 2.46 bits per heavy atom. The third kappa shape index (κ3) is 10.8. The molecule has 0 bridgehead atoms. The highest BCUT2D eigenvalue weighted by Crippen LogP contribution is 2.12. The molecule has 5 N–H and O–H groups in total. The summed E-state index contributed by atoms with van der Waals surface area (Å²) < 4.78 is 0. The van der Waals surface area contributed by atoms with Crippen LogP contribution in [0.5, 0.6) is 0 Å². The van der Waals surface area contributed by atoms with Crippen molar-refractivity contribution in [2.75, 3.05) is 18.8 Å². The van der Waals surface area contributed by atoms with E-state index < -0.39 is 0 Å². The van der Waals surface area contributed by atoms with Crippen LogP contribution in [0.2, 0.25) is 0 Å². The van der Waals surface area contributed by atoms with Gasteiger partial charge in [-0.05, 0) is 31.9 Å². The quantitative estimate of drug-likeness (QED) is 0.220. The lowest BCUT2D eigenvalue weighted by Gasteiger charge is -2.09. The Kier molecular flexibility index (Phi) is 16.8. The van der Waals surface area contributed by atoms with Crippen molar-refractivity contribution in [1.82, 2.24) is 30.6 Å². The Labute approximate surface area is 177 Å². The molecule has 0 aliphatic heterocycles. The number of halogens is 3. The number of hydrogen-bond donors (Lipinski definition) is 5. The second kappa shape index (κ2) is 16.1. The van der Waals surface area contributed by atoms with Crippen molar-refractivity contribution in [2.45, 2.75) is 31.9 Å². The van der Waals surface area contributed by atoms with Crippen LogP contribution in [0, 0.1) is 12.3 Å². The molecule has 0 atom stereocenters. The van der Waals surface area contributed by atoms with Crippen molar-refractivity contribution < 1.29 is 0 Å². The van der Waals surface area contributed by atoms with Gasteiger partial charge in [0.05, 0.1) is 24.0 Å². The molecule has 0 aromatic carbocycles. The summed E-state index contributed by atoms with van der Waals surface area (Å²) in [5.41, 5.74) is 3.35. The van der Waals surface area contributed by atoms with Crippen LogP contribution in [-0.2, 0) is 12.2 Å². The Hall–Kier alpha value is -1.09. The third-order valence-corrected chi connectivity index (χ3v) is 4.46. The maximum absolute atomic E-state index is 7.80. The van der Waals surface area contributed by atoms with Crippen molar-refractivity contribution in [1.29, 1.82) is 5.41 Å². The van der Waals surface area contributed by atoms with E-state index in [1.165, 1.54) is 0 Å². The lowest BCUT2D eigenvalue weighted by molar-refractivity contribution is 0.727. The number of H-pyrrole nitrogens is 2. The van der Waals surface area contributed by atoms with Gasteiger partial charge in [0, 0.05) is 30.7 Å². The van der Waals surface area contributed by atoms with E-state index in [0.29, 0.717) is 5.96 Å². The summed E-state index contributed by atoms with van der Waals surface area (Å²) >= 11 is 1.87. The van der Waals surface area contributed by atoms with Gasteiger partial charge in [-0.3, -0.25) is 5.41 Å². The van der Waals surface area contributed by atoms with E-state index >= 15 is 0 Å². The van der Waals surface area contributed by atoms with Gasteiger partial charge in [-0.2, -0.15) is 11.8 Å². The molecule has 2 aromatic heterocycles. The van der Waals surface area contributed by atoms with Crippen molar-refractivity contribution in [2.24, 2.45) is 0 Å². The van der Waals surface area contributed by atoms with Gasteiger partial charge >= 0.3 is 0 Å². The Balaban J connectivity index is 0. The van der Waals surface area contributed by atoms with Crippen LogP contribution in [0.1, 0.15) is 29.9 Å². The van der Waals surface area contributed by atoms with Gasteiger partial charge in [0.1, 0.15) is 0 Å². The SMILES string of the molecule is Cc1[nH]cnc1CSCCCNC(=N)NCCCc1c[nH]cn1.Cl.Cl.Cl. The molecule has 150 valence electrons. The van der Waals surface area contributed by atoms with E-state index in [1.54, 1.807) is 12.7 Å². The molecule has 0 aliphatic rings. The van der Waals surface area contributed by atoms with Gasteiger partial charge in [0.25, 0.3) is 0 Å². The highest BCUT2D eigenvalue weighted by atomic mass is 35.5. The number of aryl methyl sites for hydroxylation is 2. The summed E-state index contributed by atoms with van der Waals surface area (Å²) in [6.45, 7) is 3.65. The first-order chi connectivity index (χ1) is 11.3. The number of nitrogens with zero attached hydrogens (tertiary/aromatic N) is 2. The Bertz CT molecular complexity index is 578. The summed E-state index contributed by atoms with van der Waals surface area (Å²) in [4.78, 5) is 14.5. The first-order valence-corrected chi connectivity index (χ1v) is 9.01. The number of aromatic nitrogens is 4. The van der Waals surface area contributed by atoms with E-state index in [2.05, 4.69) is 30.6 Å². The third-order valence-electron chi connectivity index (χ3n) is 3.41. The Morgan fingerprint density at radius 1 is 1.12 bits per heavy atom. The van der Waals surface area contributed by atoms with Crippen LogP contribution in [-0.4, -0.2) is 44.7 Å². The maximum atomic E-state index is 7.80. The molecule has 2 heterocycles. The minimum absolute atomic E-state index is 0. The van der Waals surface area contributed by atoms with Crippen LogP contribution in [0.15, 0.2) is 18.9 Å². The molecule has 0 aliphatic carbocycles. The molecular weight excluding hydrogens is 417 g/mol. The molecule has 26 heavy (non-hydrogen) atoms. The largest absolute Gasteiger partial charge is 0.357 e.